The Morgan fingerprint density at radius 2 is 2.10 bits per heavy atom. The van der Waals surface area contributed by atoms with Crippen LogP contribution in [0.25, 0.3) is 0 Å². The molecule has 0 spiro atoms. The van der Waals surface area contributed by atoms with Crippen molar-refractivity contribution in [3.63, 3.8) is 0 Å². The predicted molar refractivity (Wildman–Crippen MR) is 76.2 cm³/mol. The molecule has 0 saturated heterocycles. The van der Waals surface area contributed by atoms with Gasteiger partial charge in [0, 0.05) is 6.61 Å². The zero-order valence-electron chi connectivity index (χ0n) is 12.6. The molecule has 0 atom stereocenters. The summed E-state index contributed by atoms with van der Waals surface area (Å²) in [6.45, 7) is 3.04. The lowest BCUT2D eigenvalue weighted by Crippen LogP contribution is -2.31. The van der Waals surface area contributed by atoms with Gasteiger partial charge in [-0.1, -0.05) is 30.8 Å². The average Bonchev–Trinajstić information content (AvgIpc) is 2.79. The Kier molecular flexibility index (Phi) is 5.69. The summed E-state index contributed by atoms with van der Waals surface area (Å²) >= 11 is 0. The number of hydrogen-bond acceptors (Lipinski definition) is 6. The summed E-state index contributed by atoms with van der Waals surface area (Å²) in [5, 5.41) is 6.97. The summed E-state index contributed by atoms with van der Waals surface area (Å²) < 4.78 is 11.3. The number of nitrogens with two attached hydrogens (primary N) is 1. The van der Waals surface area contributed by atoms with Gasteiger partial charge < -0.3 is 15.0 Å². The first-order valence-electron chi connectivity index (χ1n) is 7.62. The number of carbonyl (C=O) groups excluding carboxylic acids is 1. The Bertz CT molecular complexity index is 453. The molecule has 1 amide bonds. The molecule has 2 rings (SSSR count). The van der Waals surface area contributed by atoms with E-state index in [0.29, 0.717) is 24.9 Å². The van der Waals surface area contributed by atoms with Crippen LogP contribution in [0.5, 0.6) is 0 Å². The maximum atomic E-state index is 10.7. The van der Waals surface area contributed by atoms with E-state index < -0.39 is 11.5 Å². The van der Waals surface area contributed by atoms with Gasteiger partial charge in [-0.25, -0.2) is 0 Å². The Morgan fingerprint density at radius 1 is 1.38 bits per heavy atom. The van der Waals surface area contributed by atoms with Crippen LogP contribution in [0.3, 0.4) is 0 Å². The monoisotopic (exact) mass is 296 g/mol. The summed E-state index contributed by atoms with van der Waals surface area (Å²) in [5.74, 6) is 0.668. The van der Waals surface area contributed by atoms with E-state index in [0.717, 1.165) is 25.7 Å². The SMILES string of the molecule is CCOC1(c2noc(CNCC(N)=O)n2)CCCCCC1. The largest absolute Gasteiger partial charge is 0.369 e. The van der Waals surface area contributed by atoms with E-state index in [1.807, 2.05) is 6.92 Å². The molecule has 0 unspecified atom stereocenters. The van der Waals surface area contributed by atoms with Crippen LogP contribution in [-0.2, 0) is 21.7 Å². The molecule has 7 heteroatoms. The van der Waals surface area contributed by atoms with Crippen LogP contribution in [0.2, 0.25) is 0 Å². The molecule has 0 aliphatic heterocycles. The van der Waals surface area contributed by atoms with Crippen molar-refractivity contribution in [2.24, 2.45) is 5.73 Å². The minimum Gasteiger partial charge on any atom is -0.369 e. The van der Waals surface area contributed by atoms with Crippen molar-refractivity contribution >= 4 is 5.91 Å². The molecule has 0 radical (unpaired) electrons. The highest BCUT2D eigenvalue weighted by atomic mass is 16.5. The zero-order chi connectivity index (χ0) is 15.1. The van der Waals surface area contributed by atoms with E-state index in [9.17, 15) is 4.79 Å². The third-order valence-corrected chi connectivity index (χ3v) is 3.78. The highest BCUT2D eigenvalue weighted by Crippen LogP contribution is 2.37. The number of ether oxygens (including phenoxy) is 1. The molecule has 1 saturated carbocycles. The van der Waals surface area contributed by atoms with Gasteiger partial charge in [-0.2, -0.15) is 4.98 Å². The molecule has 0 aromatic carbocycles. The summed E-state index contributed by atoms with van der Waals surface area (Å²) in [7, 11) is 0. The van der Waals surface area contributed by atoms with Gasteiger partial charge in [-0.15, -0.1) is 0 Å². The van der Waals surface area contributed by atoms with E-state index >= 15 is 0 Å². The smallest absolute Gasteiger partial charge is 0.240 e. The number of carbonyl (C=O) groups is 1. The summed E-state index contributed by atoms with van der Waals surface area (Å²) in [6.07, 6.45) is 6.52. The maximum Gasteiger partial charge on any atom is 0.240 e. The molecule has 21 heavy (non-hydrogen) atoms. The van der Waals surface area contributed by atoms with Crippen molar-refractivity contribution in [3.05, 3.63) is 11.7 Å². The Hall–Kier alpha value is -1.47. The molecule has 118 valence electrons. The highest BCUT2D eigenvalue weighted by molar-refractivity contribution is 5.75. The van der Waals surface area contributed by atoms with Crippen molar-refractivity contribution in [1.29, 1.82) is 0 Å². The minimum absolute atomic E-state index is 0.0916. The van der Waals surface area contributed by atoms with Crippen LogP contribution in [-0.4, -0.2) is 29.2 Å². The van der Waals surface area contributed by atoms with Gasteiger partial charge in [0.15, 0.2) is 0 Å². The summed E-state index contributed by atoms with van der Waals surface area (Å²) in [5.41, 5.74) is 4.65. The first-order valence-corrected chi connectivity index (χ1v) is 7.62. The molecule has 3 N–H and O–H groups in total. The normalized spacial score (nSPS) is 18.3. The van der Waals surface area contributed by atoms with Crippen LogP contribution in [0.4, 0.5) is 0 Å². The zero-order valence-corrected chi connectivity index (χ0v) is 12.6. The summed E-state index contributed by atoms with van der Waals surface area (Å²) in [6, 6.07) is 0. The van der Waals surface area contributed by atoms with Gasteiger partial charge in [-0.05, 0) is 19.8 Å². The van der Waals surface area contributed by atoms with Crippen molar-refractivity contribution in [2.75, 3.05) is 13.2 Å². The lowest BCUT2D eigenvalue weighted by atomic mass is 9.93. The fourth-order valence-electron chi connectivity index (χ4n) is 2.81. The van der Waals surface area contributed by atoms with E-state index in [-0.39, 0.29) is 6.54 Å². The highest BCUT2D eigenvalue weighted by Gasteiger charge is 2.38. The van der Waals surface area contributed by atoms with Gasteiger partial charge in [0.2, 0.25) is 17.6 Å². The van der Waals surface area contributed by atoms with Gasteiger partial charge >= 0.3 is 0 Å². The number of amides is 1. The van der Waals surface area contributed by atoms with Crippen molar-refractivity contribution < 1.29 is 14.1 Å². The van der Waals surface area contributed by atoms with E-state index in [4.69, 9.17) is 15.0 Å². The quantitative estimate of drug-likeness (QED) is 0.733. The molecule has 7 nitrogen and oxygen atoms in total. The fraction of sp³-hybridized carbons (Fsp3) is 0.786. The van der Waals surface area contributed by atoms with Crippen molar-refractivity contribution in [1.82, 2.24) is 15.5 Å². The molecule has 1 aliphatic carbocycles. The predicted octanol–water partition coefficient (Wildman–Crippen LogP) is 1.23. The second kappa shape index (κ2) is 7.51. The first kappa shape index (κ1) is 15.9. The molecule has 1 aromatic rings. The molecular weight excluding hydrogens is 272 g/mol. The molecule has 1 heterocycles. The second-order valence-electron chi connectivity index (χ2n) is 5.42. The van der Waals surface area contributed by atoms with Gasteiger partial charge in [0.1, 0.15) is 5.60 Å². The van der Waals surface area contributed by atoms with Gasteiger partial charge in [0.25, 0.3) is 0 Å². The number of hydrogen-bond donors (Lipinski definition) is 2. The molecule has 1 fully saturated rings. The Balaban J connectivity index is 2.06. The third-order valence-electron chi connectivity index (χ3n) is 3.78. The molecule has 1 aromatic heterocycles. The Labute approximate surface area is 124 Å². The Morgan fingerprint density at radius 3 is 2.71 bits per heavy atom. The first-order chi connectivity index (χ1) is 10.2. The van der Waals surface area contributed by atoms with E-state index in [1.165, 1.54) is 12.8 Å². The van der Waals surface area contributed by atoms with Crippen LogP contribution in [0.15, 0.2) is 4.52 Å². The minimum atomic E-state index is -0.420. The molecule has 0 bridgehead atoms. The topological polar surface area (TPSA) is 103 Å². The number of nitrogens with one attached hydrogen (secondary N) is 1. The number of aromatic nitrogens is 2. The van der Waals surface area contributed by atoms with Crippen LogP contribution in [0, 0.1) is 0 Å². The van der Waals surface area contributed by atoms with Gasteiger partial charge in [0.05, 0.1) is 13.1 Å². The maximum absolute atomic E-state index is 10.7. The lowest BCUT2D eigenvalue weighted by molar-refractivity contribution is -0.117. The van der Waals surface area contributed by atoms with Crippen LogP contribution >= 0.6 is 0 Å². The van der Waals surface area contributed by atoms with E-state index in [2.05, 4.69) is 15.5 Å². The van der Waals surface area contributed by atoms with Gasteiger partial charge in [-0.3, -0.25) is 10.1 Å². The molecular formula is C14H24N4O3. The van der Waals surface area contributed by atoms with Crippen molar-refractivity contribution in [3.8, 4) is 0 Å². The molecule has 1 aliphatic rings. The van der Waals surface area contributed by atoms with Crippen LogP contribution in [0.1, 0.15) is 57.2 Å². The third kappa shape index (κ3) is 4.25. The number of rotatable bonds is 7. The standard InChI is InChI=1S/C14H24N4O3/c1-2-20-14(7-5-3-4-6-8-14)13-17-12(21-18-13)10-16-9-11(15)19/h16H,2-10H2,1H3,(H2,15,19). The fourth-order valence-corrected chi connectivity index (χ4v) is 2.81. The van der Waals surface area contributed by atoms with E-state index in [1.54, 1.807) is 0 Å². The second-order valence-corrected chi connectivity index (χ2v) is 5.42. The lowest BCUT2D eigenvalue weighted by Gasteiger charge is -2.29. The number of primary amides is 1. The average molecular weight is 296 g/mol. The summed E-state index contributed by atoms with van der Waals surface area (Å²) in [4.78, 5) is 15.1. The van der Waals surface area contributed by atoms with Crippen LogP contribution < -0.4 is 11.1 Å². The van der Waals surface area contributed by atoms with Crippen molar-refractivity contribution in [2.45, 2.75) is 57.6 Å². The number of nitrogens with zero attached hydrogens (tertiary/aromatic N) is 2.